The molecule has 3 atom stereocenters. The van der Waals surface area contributed by atoms with Gasteiger partial charge in [-0.05, 0) is 51.1 Å². The van der Waals surface area contributed by atoms with E-state index in [4.69, 9.17) is 13.7 Å². The summed E-state index contributed by atoms with van der Waals surface area (Å²) in [7, 11) is -2.89. The molecule has 1 aliphatic rings. The Kier molecular flexibility index (Phi) is 9.78. The number of halogens is 1. The molecule has 1 fully saturated rings. The van der Waals surface area contributed by atoms with E-state index < -0.39 is 40.2 Å². The van der Waals surface area contributed by atoms with Crippen molar-refractivity contribution in [3.63, 3.8) is 0 Å². The molecule has 0 aliphatic carbocycles. The number of carbonyl (C=O) groups is 2. The van der Waals surface area contributed by atoms with Crippen molar-refractivity contribution in [2.24, 2.45) is 0 Å². The van der Waals surface area contributed by atoms with Crippen molar-refractivity contribution in [3.05, 3.63) is 58.8 Å². The van der Waals surface area contributed by atoms with Crippen molar-refractivity contribution in [3.8, 4) is 0 Å². The zero-order valence-electron chi connectivity index (χ0n) is 18.8. The van der Waals surface area contributed by atoms with Crippen LogP contribution < -0.4 is 0 Å². The number of aryl methyl sites for hydroxylation is 1. The third kappa shape index (κ3) is 8.33. The van der Waals surface area contributed by atoms with Gasteiger partial charge in [-0.25, -0.2) is 0 Å². The quantitative estimate of drug-likeness (QED) is 0.190. The Hall–Kier alpha value is -2.07. The van der Waals surface area contributed by atoms with E-state index in [2.05, 4.69) is 26.4 Å². The van der Waals surface area contributed by atoms with E-state index >= 15 is 0 Å². The molecule has 33 heavy (non-hydrogen) atoms. The monoisotopic (exact) mass is 542 g/mol. The van der Waals surface area contributed by atoms with E-state index in [9.17, 15) is 18.0 Å². The van der Waals surface area contributed by atoms with Crippen LogP contribution in [0.2, 0.25) is 0 Å². The Balaban J connectivity index is 2.27. The van der Waals surface area contributed by atoms with Crippen LogP contribution in [0.1, 0.15) is 32.3 Å². The molecule has 2 rings (SSSR count). The van der Waals surface area contributed by atoms with Crippen LogP contribution in [0.25, 0.3) is 0 Å². The Morgan fingerprint density at radius 3 is 2.48 bits per heavy atom. The van der Waals surface area contributed by atoms with Gasteiger partial charge in [0.15, 0.2) is 11.6 Å². The van der Waals surface area contributed by atoms with Gasteiger partial charge >= 0.3 is 5.97 Å². The van der Waals surface area contributed by atoms with Gasteiger partial charge in [-0.2, -0.15) is 8.42 Å². The molecular formula is C23H27BrO8S. The number of ether oxygens (including phenoxy) is 3. The van der Waals surface area contributed by atoms with Gasteiger partial charge in [0.2, 0.25) is 0 Å². The molecule has 1 aliphatic heterocycles. The fraction of sp³-hybridized carbons (Fsp3) is 0.435. The summed E-state index contributed by atoms with van der Waals surface area (Å²) in [4.78, 5) is 24.8. The molecule has 10 heteroatoms. The largest absolute Gasteiger partial charge is 0.469 e. The van der Waals surface area contributed by atoms with Crippen LogP contribution in [0.3, 0.4) is 0 Å². The maximum Gasteiger partial charge on any atom is 0.305 e. The molecule has 1 heterocycles. The van der Waals surface area contributed by atoms with Crippen LogP contribution in [0.5, 0.6) is 0 Å². The van der Waals surface area contributed by atoms with E-state index in [-0.39, 0.29) is 23.5 Å². The number of benzene rings is 1. The molecule has 0 spiro atoms. The highest BCUT2D eigenvalue weighted by atomic mass is 79.9. The Labute approximate surface area is 202 Å². The van der Waals surface area contributed by atoms with Gasteiger partial charge in [-0.15, -0.1) is 5.73 Å². The molecule has 1 aromatic rings. The SMILES string of the molecule is COC(=O)CCC(=O)/C=C/[C@H]1OC(C)(C)O[C@@H]1[C@@H](C=C=CBr)OS(=O)(=O)c1ccc(C)cc1. The molecule has 0 aromatic heterocycles. The fourth-order valence-electron chi connectivity index (χ4n) is 3.05. The topological polar surface area (TPSA) is 105 Å². The Bertz CT molecular complexity index is 1040. The highest BCUT2D eigenvalue weighted by Crippen LogP contribution is 2.33. The Morgan fingerprint density at radius 1 is 1.21 bits per heavy atom. The molecule has 0 N–H and O–H groups in total. The molecule has 0 bridgehead atoms. The third-order valence-corrected chi connectivity index (χ3v) is 6.22. The summed E-state index contributed by atoms with van der Waals surface area (Å²) in [5.74, 6) is -1.86. The average Bonchev–Trinajstić information content (AvgIpc) is 3.08. The minimum atomic E-state index is -4.14. The predicted octanol–water partition coefficient (Wildman–Crippen LogP) is 3.73. The minimum absolute atomic E-state index is 0.00224. The first-order valence-electron chi connectivity index (χ1n) is 10.1. The number of ketones is 1. The maximum absolute atomic E-state index is 12.9. The summed E-state index contributed by atoms with van der Waals surface area (Å²) in [5, 5.41) is 0. The number of methoxy groups -OCH3 is 1. The molecule has 0 amide bonds. The summed E-state index contributed by atoms with van der Waals surface area (Å²) in [6, 6.07) is 6.25. The van der Waals surface area contributed by atoms with Crippen LogP contribution in [0, 0.1) is 6.92 Å². The summed E-state index contributed by atoms with van der Waals surface area (Å²) < 4.78 is 47.6. The number of rotatable bonds is 10. The van der Waals surface area contributed by atoms with Crippen LogP contribution in [0.15, 0.2) is 58.1 Å². The van der Waals surface area contributed by atoms with Crippen molar-refractivity contribution in [1.82, 2.24) is 0 Å². The van der Waals surface area contributed by atoms with Gasteiger partial charge in [-0.3, -0.25) is 13.8 Å². The molecule has 1 aromatic carbocycles. The number of esters is 1. The van der Waals surface area contributed by atoms with Crippen molar-refractivity contribution in [2.75, 3.05) is 7.11 Å². The predicted molar refractivity (Wildman–Crippen MR) is 124 cm³/mol. The number of hydrogen-bond donors (Lipinski definition) is 0. The Morgan fingerprint density at radius 2 is 1.88 bits per heavy atom. The second kappa shape index (κ2) is 11.9. The van der Waals surface area contributed by atoms with Crippen LogP contribution in [0.4, 0.5) is 0 Å². The van der Waals surface area contributed by atoms with E-state index in [0.717, 1.165) is 5.56 Å². The lowest BCUT2D eigenvalue weighted by Crippen LogP contribution is -2.37. The standard InChI is InChI=1S/C23H27BrO8S/c1-16-7-11-18(12-8-16)33(27,28)32-20(6-5-15-24)22-19(30-23(2,3)31-22)13-9-17(25)10-14-21(26)29-4/h6-9,11-13,15,19-20,22H,10,14H2,1-4H3/b13-9+/t5?,19-,20-,22+/m1/s1. The van der Waals surface area contributed by atoms with E-state index in [0.29, 0.717) is 0 Å². The second-order valence-electron chi connectivity index (χ2n) is 7.74. The second-order valence-corrected chi connectivity index (χ2v) is 9.77. The third-order valence-electron chi connectivity index (χ3n) is 4.63. The summed E-state index contributed by atoms with van der Waals surface area (Å²) in [6.07, 6.45) is 1.27. The normalized spacial score (nSPS) is 20.8. The van der Waals surface area contributed by atoms with Gasteiger partial charge in [-0.1, -0.05) is 33.6 Å². The molecule has 180 valence electrons. The lowest BCUT2D eigenvalue weighted by molar-refractivity contribution is -0.149. The molecule has 0 unspecified atom stereocenters. The van der Waals surface area contributed by atoms with Crippen molar-refractivity contribution < 1.29 is 36.4 Å². The lowest BCUT2D eigenvalue weighted by Gasteiger charge is -2.22. The highest BCUT2D eigenvalue weighted by molar-refractivity contribution is 9.11. The molecule has 8 nitrogen and oxygen atoms in total. The van der Waals surface area contributed by atoms with Crippen molar-refractivity contribution in [1.29, 1.82) is 0 Å². The number of carbonyl (C=O) groups excluding carboxylic acids is 2. The van der Waals surface area contributed by atoms with E-state index in [1.165, 1.54) is 42.5 Å². The van der Waals surface area contributed by atoms with Crippen LogP contribution >= 0.6 is 15.9 Å². The van der Waals surface area contributed by atoms with E-state index in [1.54, 1.807) is 26.0 Å². The minimum Gasteiger partial charge on any atom is -0.469 e. The fourth-order valence-corrected chi connectivity index (χ4v) is 4.24. The zero-order valence-corrected chi connectivity index (χ0v) is 21.2. The van der Waals surface area contributed by atoms with E-state index in [1.807, 2.05) is 6.92 Å². The molecule has 0 radical (unpaired) electrons. The van der Waals surface area contributed by atoms with Crippen LogP contribution in [-0.2, 0) is 38.1 Å². The molecule has 1 saturated heterocycles. The van der Waals surface area contributed by atoms with Crippen LogP contribution in [-0.4, -0.2) is 51.4 Å². The summed E-state index contributed by atoms with van der Waals surface area (Å²) >= 11 is 3.10. The highest BCUT2D eigenvalue weighted by Gasteiger charge is 2.45. The molecular weight excluding hydrogens is 516 g/mol. The lowest BCUT2D eigenvalue weighted by atomic mass is 10.1. The summed E-state index contributed by atoms with van der Waals surface area (Å²) in [6.45, 7) is 5.18. The van der Waals surface area contributed by atoms with Gasteiger partial charge in [0.1, 0.15) is 18.3 Å². The van der Waals surface area contributed by atoms with Gasteiger partial charge in [0.05, 0.1) is 18.4 Å². The number of hydrogen-bond acceptors (Lipinski definition) is 8. The van der Waals surface area contributed by atoms with Gasteiger partial charge < -0.3 is 14.2 Å². The van der Waals surface area contributed by atoms with Gasteiger partial charge in [0.25, 0.3) is 10.1 Å². The maximum atomic E-state index is 12.9. The van der Waals surface area contributed by atoms with Crippen molar-refractivity contribution in [2.45, 2.75) is 62.6 Å². The van der Waals surface area contributed by atoms with Crippen molar-refractivity contribution >= 4 is 37.8 Å². The molecule has 0 saturated carbocycles. The summed E-state index contributed by atoms with van der Waals surface area (Å²) in [5.41, 5.74) is 3.67. The van der Waals surface area contributed by atoms with Gasteiger partial charge in [0, 0.05) is 11.4 Å². The zero-order chi connectivity index (χ0) is 24.6. The number of allylic oxidation sites excluding steroid dienone is 1. The first-order chi connectivity index (χ1) is 15.5. The average molecular weight is 543 g/mol. The first-order valence-corrected chi connectivity index (χ1v) is 12.4. The first kappa shape index (κ1) is 27.2. The smallest absolute Gasteiger partial charge is 0.305 e.